The first-order valence-corrected chi connectivity index (χ1v) is 27.9. The minimum absolute atomic E-state index is 0.0339. The summed E-state index contributed by atoms with van der Waals surface area (Å²) in [6.07, 6.45) is 7.67. The van der Waals surface area contributed by atoms with Crippen LogP contribution in [0.4, 0.5) is 5.69 Å². The van der Waals surface area contributed by atoms with Gasteiger partial charge in [0.1, 0.15) is 29.2 Å². The van der Waals surface area contributed by atoms with E-state index in [1.807, 2.05) is 70.2 Å². The summed E-state index contributed by atoms with van der Waals surface area (Å²) in [7, 11) is 0. The van der Waals surface area contributed by atoms with Crippen LogP contribution in [0.25, 0.3) is 5.57 Å². The van der Waals surface area contributed by atoms with Gasteiger partial charge in [-0.15, -0.1) is 0 Å². The number of aliphatic hydroxyl groups is 2. The fourth-order valence-electron chi connectivity index (χ4n) is 13.9. The molecular weight excluding hydrogens is 937 g/mol. The molecule has 0 bridgehead atoms. The maximum absolute atomic E-state index is 14.5. The van der Waals surface area contributed by atoms with Gasteiger partial charge in [0.25, 0.3) is 0 Å². The Balaban J connectivity index is 0.760. The van der Waals surface area contributed by atoms with Crippen molar-refractivity contribution in [1.29, 1.82) is 5.26 Å². The summed E-state index contributed by atoms with van der Waals surface area (Å²) < 4.78 is 6.53. The lowest BCUT2D eigenvalue weighted by Crippen LogP contribution is -2.66. The average Bonchev–Trinajstić information content (AvgIpc) is 4.15. The maximum atomic E-state index is 14.5. The molecule has 0 radical (unpaired) electrons. The van der Waals surface area contributed by atoms with Gasteiger partial charge >= 0.3 is 0 Å². The number of benzene rings is 3. The van der Waals surface area contributed by atoms with Gasteiger partial charge in [0.15, 0.2) is 5.78 Å². The molecule has 2 aliphatic heterocycles. The number of piperazine rings is 1. The van der Waals surface area contributed by atoms with E-state index in [0.717, 1.165) is 98.8 Å². The molecule has 8 rings (SSSR count). The van der Waals surface area contributed by atoms with Crippen molar-refractivity contribution in [3.05, 3.63) is 112 Å². The Morgan fingerprint density at radius 3 is 2.13 bits per heavy atom. The number of hydrogen-bond donors (Lipinski definition) is 2. The zero-order chi connectivity index (χ0) is 54.0. The second-order valence-electron chi connectivity index (χ2n) is 25.3. The molecule has 3 aromatic rings. The van der Waals surface area contributed by atoms with E-state index in [1.54, 1.807) is 0 Å². The largest absolute Gasteiger partial charge is 0.489 e. The molecule has 2 saturated carbocycles. The highest BCUT2D eigenvalue weighted by molar-refractivity contribution is 5.97. The van der Waals surface area contributed by atoms with Crippen LogP contribution in [-0.4, -0.2) is 114 Å². The summed E-state index contributed by atoms with van der Waals surface area (Å²) >= 11 is 0. The number of ketones is 4. The lowest BCUT2D eigenvalue weighted by Gasteiger charge is -2.63. The molecule has 11 nitrogen and oxygen atoms in total. The summed E-state index contributed by atoms with van der Waals surface area (Å²) in [5.41, 5.74) is 7.05. The van der Waals surface area contributed by atoms with Gasteiger partial charge in [0.05, 0.1) is 30.9 Å². The molecule has 3 aliphatic carbocycles. The SMILES string of the molecule is CC1=C(c2ccc([C@H](CO)CC(=O)[C@@H]3C[C@@H](O)CC3C(=O)[C@@H](CC(=O)CN3CCN(CCC4CCN(c5ccc(C(=O)CC6C(C)(C)C(Oc7ccc(C#N)c(C)c7)C6(C)C)cc5)C4)CC3)C(C)(C)C)cc2)CC=C1. The molecule has 11 heteroatoms. The van der Waals surface area contributed by atoms with Gasteiger partial charge in [-0.05, 0) is 140 Å². The van der Waals surface area contributed by atoms with E-state index < -0.39 is 35.2 Å². The highest BCUT2D eigenvalue weighted by atomic mass is 16.5. The summed E-state index contributed by atoms with van der Waals surface area (Å²) in [6.45, 7) is 25.2. The number of allylic oxidation sites excluding steroid dienone is 4. The number of rotatable bonds is 21. The normalized spacial score (nSPS) is 25.4. The van der Waals surface area contributed by atoms with Crippen molar-refractivity contribution in [3.8, 4) is 11.8 Å². The Hall–Kier alpha value is -5.25. The fourth-order valence-corrected chi connectivity index (χ4v) is 13.9. The van der Waals surface area contributed by atoms with Gasteiger partial charge in [0, 0.05) is 104 Å². The molecule has 2 saturated heterocycles. The third-order valence-corrected chi connectivity index (χ3v) is 18.4. The predicted octanol–water partition coefficient (Wildman–Crippen LogP) is 10.4. The summed E-state index contributed by atoms with van der Waals surface area (Å²) in [5, 5.41) is 30.6. The Morgan fingerprint density at radius 1 is 0.853 bits per heavy atom. The van der Waals surface area contributed by atoms with E-state index in [0.29, 0.717) is 24.4 Å². The number of nitrogens with zero attached hydrogens (tertiary/aromatic N) is 4. The van der Waals surface area contributed by atoms with Gasteiger partial charge in [-0.3, -0.25) is 24.1 Å². The molecule has 3 aromatic carbocycles. The summed E-state index contributed by atoms with van der Waals surface area (Å²) in [4.78, 5) is 63.2. The molecule has 6 atom stereocenters. The van der Waals surface area contributed by atoms with Crippen molar-refractivity contribution in [2.24, 2.45) is 45.8 Å². The second kappa shape index (κ2) is 23.2. The van der Waals surface area contributed by atoms with Crippen LogP contribution in [0, 0.1) is 64.1 Å². The zero-order valence-corrected chi connectivity index (χ0v) is 46.4. The number of aryl methyl sites for hydroxylation is 1. The Kier molecular flexibility index (Phi) is 17.3. The molecule has 0 amide bonds. The molecule has 5 aliphatic rings. The molecule has 75 heavy (non-hydrogen) atoms. The molecule has 0 spiro atoms. The first-order chi connectivity index (χ1) is 35.6. The van der Waals surface area contributed by atoms with Crippen LogP contribution in [0.1, 0.15) is 145 Å². The third-order valence-electron chi connectivity index (χ3n) is 18.4. The second-order valence-corrected chi connectivity index (χ2v) is 25.3. The minimum atomic E-state index is -0.763. The van der Waals surface area contributed by atoms with Crippen LogP contribution in [0.3, 0.4) is 0 Å². The Morgan fingerprint density at radius 2 is 1.52 bits per heavy atom. The Bertz CT molecular complexity index is 2650. The van der Waals surface area contributed by atoms with Gasteiger partial charge in [-0.1, -0.05) is 84.9 Å². The van der Waals surface area contributed by atoms with E-state index in [2.05, 4.69) is 91.8 Å². The lowest BCUT2D eigenvalue weighted by molar-refractivity contribution is -0.196. The Labute approximate surface area is 447 Å². The van der Waals surface area contributed by atoms with E-state index >= 15 is 0 Å². The minimum Gasteiger partial charge on any atom is -0.489 e. The number of carbonyl (C=O) groups excluding carboxylic acids is 4. The first-order valence-electron chi connectivity index (χ1n) is 27.9. The van der Waals surface area contributed by atoms with Gasteiger partial charge in [-0.25, -0.2) is 0 Å². The molecule has 402 valence electrons. The van der Waals surface area contributed by atoms with E-state index in [9.17, 15) is 34.7 Å². The van der Waals surface area contributed by atoms with Crippen LogP contribution in [0.5, 0.6) is 5.75 Å². The number of aliphatic hydroxyl groups excluding tert-OH is 2. The quantitative estimate of drug-likeness (QED) is 0.0981. The number of Topliss-reactive ketones (excluding diaryl/α,β-unsaturated/α-hetero) is 4. The number of hydrogen-bond acceptors (Lipinski definition) is 11. The average molecular weight is 1020 g/mol. The van der Waals surface area contributed by atoms with Crippen LogP contribution >= 0.6 is 0 Å². The smallest absolute Gasteiger partial charge is 0.163 e. The zero-order valence-electron chi connectivity index (χ0n) is 46.4. The summed E-state index contributed by atoms with van der Waals surface area (Å²) in [6, 6.07) is 24.1. The van der Waals surface area contributed by atoms with Crippen LogP contribution in [0.2, 0.25) is 0 Å². The fraction of sp³-hybridized carbons (Fsp3) is 0.578. The van der Waals surface area contributed by atoms with Crippen LogP contribution < -0.4 is 9.64 Å². The van der Waals surface area contributed by atoms with Gasteiger partial charge in [0.2, 0.25) is 0 Å². The number of carbonyl (C=O) groups is 4. The predicted molar refractivity (Wildman–Crippen MR) is 297 cm³/mol. The van der Waals surface area contributed by atoms with Crippen LogP contribution in [-0.2, 0) is 14.4 Å². The van der Waals surface area contributed by atoms with Gasteiger partial charge < -0.3 is 24.7 Å². The third kappa shape index (κ3) is 12.6. The molecule has 2 heterocycles. The number of anilines is 1. The van der Waals surface area contributed by atoms with Crippen molar-refractivity contribution in [1.82, 2.24) is 9.80 Å². The van der Waals surface area contributed by atoms with E-state index in [-0.39, 0.29) is 78.3 Å². The molecular formula is C64H84N4O7. The molecule has 2 unspecified atom stereocenters. The van der Waals surface area contributed by atoms with E-state index in [1.165, 1.54) is 11.1 Å². The van der Waals surface area contributed by atoms with Crippen molar-refractivity contribution >= 4 is 34.4 Å². The maximum Gasteiger partial charge on any atom is 0.163 e. The standard InChI is InChI=1S/C64H84N4O7/c1-41-11-10-12-53(41)45-15-13-44(14-16-45)48(40-69)32-58(73)54-33-50(70)34-55(54)60(74)56(62(3,4)5)35-51(71)39-67-29-27-66(28-30-67)25-23-43-24-26-68(38-43)49-20-17-46(18-21-49)57(72)36-59-63(6,7)61(64(59,8)9)75-52-22-19-47(37-65)42(2)31-52/h10-11,13-22,31,43,48,50,54-56,59,61,69-70H,12,23-30,32-36,38-40H2,1-9H3/t43?,48-,50+,54+,55?,56+,59?,61?/m0/s1. The summed E-state index contributed by atoms with van der Waals surface area (Å²) in [5.74, 6) is -0.816. The van der Waals surface area contributed by atoms with Gasteiger partial charge in [-0.2, -0.15) is 5.26 Å². The highest BCUT2D eigenvalue weighted by Gasteiger charge is 2.63. The van der Waals surface area contributed by atoms with Crippen molar-refractivity contribution in [3.63, 3.8) is 0 Å². The monoisotopic (exact) mass is 1020 g/mol. The first kappa shape index (κ1) is 56.0. The van der Waals surface area contributed by atoms with Crippen molar-refractivity contribution < 1.29 is 34.1 Å². The van der Waals surface area contributed by atoms with Crippen molar-refractivity contribution in [2.45, 2.75) is 132 Å². The van der Waals surface area contributed by atoms with E-state index in [4.69, 9.17) is 4.74 Å². The van der Waals surface area contributed by atoms with Crippen molar-refractivity contribution in [2.75, 3.05) is 63.9 Å². The van der Waals surface area contributed by atoms with Crippen LogP contribution in [0.15, 0.2) is 84.5 Å². The highest BCUT2D eigenvalue weighted by Crippen LogP contribution is 2.62. The topological polar surface area (TPSA) is 151 Å². The number of ether oxygens (including phenoxy) is 1. The molecule has 2 N–H and O–H groups in total. The molecule has 4 fully saturated rings. The lowest BCUT2D eigenvalue weighted by atomic mass is 9.44. The molecule has 0 aromatic heterocycles. The number of nitriles is 1.